The van der Waals surface area contributed by atoms with Crippen molar-refractivity contribution in [1.29, 1.82) is 0 Å². The minimum atomic E-state index is -0.386. The summed E-state index contributed by atoms with van der Waals surface area (Å²) in [5.41, 5.74) is 3.38. The number of nitrogens with one attached hydrogen (secondary N) is 1. The number of nitrogens with zero attached hydrogens (tertiary/aromatic N) is 1. The third-order valence-corrected chi connectivity index (χ3v) is 5.13. The van der Waals surface area contributed by atoms with Crippen LogP contribution in [0.25, 0.3) is 10.9 Å². The lowest BCUT2D eigenvalue weighted by atomic mass is 10.1. The van der Waals surface area contributed by atoms with Crippen LogP contribution in [0.15, 0.2) is 42.5 Å². The first-order valence-corrected chi connectivity index (χ1v) is 10.2. The van der Waals surface area contributed by atoms with Crippen LogP contribution >= 0.6 is 11.6 Å². The Kier molecular flexibility index (Phi) is 6.60. The number of carbonyl (C=O) groups is 2. The van der Waals surface area contributed by atoms with Gasteiger partial charge in [0.25, 0.3) is 5.91 Å². The summed E-state index contributed by atoms with van der Waals surface area (Å²) in [7, 11) is 0. The van der Waals surface area contributed by atoms with Crippen molar-refractivity contribution in [1.82, 2.24) is 4.57 Å². The monoisotopic (exact) mass is 412 g/mol. The molecule has 0 unspecified atom stereocenters. The van der Waals surface area contributed by atoms with E-state index in [0.717, 1.165) is 29.3 Å². The molecule has 29 heavy (non-hydrogen) atoms. The zero-order chi connectivity index (χ0) is 21.0. The molecule has 0 aliphatic rings. The number of rotatable bonds is 7. The number of fused-ring (bicyclic) bond motifs is 1. The Labute approximate surface area is 175 Å². The molecule has 1 aromatic heterocycles. The van der Waals surface area contributed by atoms with Crippen LogP contribution in [-0.2, 0) is 11.3 Å². The molecule has 1 N–H and O–H groups in total. The van der Waals surface area contributed by atoms with Crippen LogP contribution in [0.5, 0.6) is 0 Å². The molecule has 0 fully saturated rings. The highest BCUT2D eigenvalue weighted by Gasteiger charge is 2.20. The zero-order valence-electron chi connectivity index (χ0n) is 16.9. The zero-order valence-corrected chi connectivity index (χ0v) is 17.7. The molecule has 1 amide bonds. The number of unbranched alkanes of at least 4 members (excludes halogenated alkanes) is 1. The molecule has 6 heteroatoms. The topological polar surface area (TPSA) is 60.3 Å². The molecular formula is C23H25ClN2O3. The predicted molar refractivity (Wildman–Crippen MR) is 117 cm³/mol. The van der Waals surface area contributed by atoms with Crippen LogP contribution in [0.2, 0.25) is 5.02 Å². The summed E-state index contributed by atoms with van der Waals surface area (Å²) in [5, 5.41) is 4.50. The van der Waals surface area contributed by atoms with E-state index < -0.39 is 0 Å². The van der Waals surface area contributed by atoms with E-state index in [1.807, 2.05) is 43.5 Å². The Morgan fingerprint density at radius 2 is 1.93 bits per heavy atom. The molecule has 0 spiro atoms. The maximum absolute atomic E-state index is 13.1. The highest BCUT2D eigenvalue weighted by Crippen LogP contribution is 2.29. The average molecular weight is 413 g/mol. The molecular weight excluding hydrogens is 388 g/mol. The Bertz CT molecular complexity index is 1060. The lowest BCUT2D eigenvalue weighted by molar-refractivity contribution is 0.0499. The summed E-state index contributed by atoms with van der Waals surface area (Å²) >= 11 is 6.14. The van der Waals surface area contributed by atoms with Gasteiger partial charge in [-0.15, -0.1) is 0 Å². The maximum atomic E-state index is 13.1. The van der Waals surface area contributed by atoms with E-state index in [4.69, 9.17) is 16.3 Å². The molecule has 152 valence electrons. The minimum Gasteiger partial charge on any atom is -0.462 e. The highest BCUT2D eigenvalue weighted by molar-refractivity contribution is 6.31. The molecule has 0 aliphatic heterocycles. The van der Waals surface area contributed by atoms with E-state index in [0.29, 0.717) is 35.1 Å². The summed E-state index contributed by atoms with van der Waals surface area (Å²) in [4.78, 5) is 25.3. The van der Waals surface area contributed by atoms with Crippen LogP contribution in [0.1, 0.15) is 53.1 Å². The van der Waals surface area contributed by atoms with Gasteiger partial charge in [0.2, 0.25) is 0 Å². The van der Waals surface area contributed by atoms with Gasteiger partial charge >= 0.3 is 5.97 Å². The smallest absolute Gasteiger partial charge is 0.338 e. The third-order valence-electron chi connectivity index (χ3n) is 4.90. The minimum absolute atomic E-state index is 0.229. The van der Waals surface area contributed by atoms with Crippen molar-refractivity contribution in [3.63, 3.8) is 0 Å². The first-order chi connectivity index (χ1) is 14.0. The number of benzene rings is 2. The first-order valence-electron chi connectivity index (χ1n) is 9.83. The normalized spacial score (nSPS) is 10.9. The number of aryl methyl sites for hydroxylation is 2. The van der Waals surface area contributed by atoms with Gasteiger partial charge in [-0.3, -0.25) is 4.79 Å². The average Bonchev–Trinajstić information content (AvgIpc) is 2.99. The molecule has 3 rings (SSSR count). The van der Waals surface area contributed by atoms with E-state index in [1.54, 1.807) is 24.3 Å². The fraction of sp³-hybridized carbons (Fsp3) is 0.304. The van der Waals surface area contributed by atoms with Gasteiger partial charge in [0.1, 0.15) is 5.69 Å². The molecule has 3 aromatic rings. The maximum Gasteiger partial charge on any atom is 0.338 e. The molecule has 1 heterocycles. The van der Waals surface area contributed by atoms with Gasteiger partial charge in [-0.25, -0.2) is 4.79 Å². The van der Waals surface area contributed by atoms with Gasteiger partial charge in [0, 0.05) is 28.2 Å². The molecule has 2 aromatic carbocycles. The Morgan fingerprint density at radius 1 is 1.14 bits per heavy atom. The lowest BCUT2D eigenvalue weighted by Crippen LogP contribution is -2.18. The molecule has 5 nitrogen and oxygen atoms in total. The first kappa shape index (κ1) is 20.9. The number of hydrogen-bond donors (Lipinski definition) is 1. The van der Waals surface area contributed by atoms with E-state index in [9.17, 15) is 9.59 Å². The van der Waals surface area contributed by atoms with Gasteiger partial charge in [0.15, 0.2) is 0 Å². The highest BCUT2D eigenvalue weighted by atomic mass is 35.5. The summed E-state index contributed by atoms with van der Waals surface area (Å²) in [6.07, 6.45) is 1.78. The SMILES string of the molecule is CCCCOC(=O)c1cccc(NC(=O)c2c(C)c3cc(Cl)ccc3n2CC)c1. The number of aromatic nitrogens is 1. The van der Waals surface area contributed by atoms with Gasteiger partial charge < -0.3 is 14.6 Å². The van der Waals surface area contributed by atoms with Crippen molar-refractivity contribution in [2.45, 2.75) is 40.2 Å². The number of anilines is 1. The van der Waals surface area contributed by atoms with E-state index >= 15 is 0 Å². The van der Waals surface area contributed by atoms with Gasteiger partial charge in [-0.2, -0.15) is 0 Å². The van der Waals surface area contributed by atoms with Crippen molar-refractivity contribution in [3.05, 3.63) is 64.3 Å². The predicted octanol–water partition coefficient (Wildman–Crippen LogP) is 5.83. The van der Waals surface area contributed by atoms with Crippen molar-refractivity contribution in [3.8, 4) is 0 Å². The van der Waals surface area contributed by atoms with Gasteiger partial charge in [-0.1, -0.05) is 31.0 Å². The summed E-state index contributed by atoms with van der Waals surface area (Å²) in [5.74, 6) is -0.615. The van der Waals surface area contributed by atoms with Crippen molar-refractivity contribution >= 4 is 40.1 Å². The van der Waals surface area contributed by atoms with Crippen molar-refractivity contribution < 1.29 is 14.3 Å². The van der Waals surface area contributed by atoms with Gasteiger partial charge in [0.05, 0.1) is 12.2 Å². The largest absolute Gasteiger partial charge is 0.462 e. The van der Waals surface area contributed by atoms with Crippen molar-refractivity contribution in [2.75, 3.05) is 11.9 Å². The number of hydrogen-bond acceptors (Lipinski definition) is 3. The number of amides is 1. The standard InChI is InChI=1S/C23H25ClN2O3/c1-4-6-12-29-23(28)16-8-7-9-18(13-16)25-22(27)21-15(3)19-14-17(24)10-11-20(19)26(21)5-2/h7-11,13-14H,4-6,12H2,1-3H3,(H,25,27). The fourth-order valence-corrected chi connectivity index (χ4v) is 3.59. The molecule has 0 saturated heterocycles. The van der Waals surface area contributed by atoms with E-state index in [1.165, 1.54) is 0 Å². The number of carbonyl (C=O) groups excluding carboxylic acids is 2. The molecule has 0 radical (unpaired) electrons. The number of esters is 1. The van der Waals surface area contributed by atoms with E-state index in [2.05, 4.69) is 5.32 Å². The van der Waals surface area contributed by atoms with Crippen LogP contribution in [-0.4, -0.2) is 23.1 Å². The molecule has 0 bridgehead atoms. The summed E-state index contributed by atoms with van der Waals surface area (Å²) in [6, 6.07) is 12.4. The molecule has 0 aliphatic carbocycles. The second-order valence-electron chi connectivity index (χ2n) is 6.90. The summed E-state index contributed by atoms with van der Waals surface area (Å²) < 4.78 is 7.22. The Balaban J connectivity index is 1.87. The van der Waals surface area contributed by atoms with Gasteiger partial charge in [-0.05, 0) is 62.2 Å². The second-order valence-corrected chi connectivity index (χ2v) is 7.34. The van der Waals surface area contributed by atoms with Crippen molar-refractivity contribution in [2.24, 2.45) is 0 Å². The molecule has 0 saturated carbocycles. The Morgan fingerprint density at radius 3 is 2.66 bits per heavy atom. The Hall–Kier alpha value is -2.79. The lowest BCUT2D eigenvalue weighted by Gasteiger charge is -2.11. The second kappa shape index (κ2) is 9.14. The van der Waals surface area contributed by atoms with Crippen LogP contribution in [0.3, 0.4) is 0 Å². The van der Waals surface area contributed by atoms with Crippen LogP contribution < -0.4 is 5.32 Å². The number of ether oxygens (including phenoxy) is 1. The number of halogens is 1. The quantitative estimate of drug-likeness (QED) is 0.392. The van der Waals surface area contributed by atoms with Crippen LogP contribution in [0, 0.1) is 6.92 Å². The summed E-state index contributed by atoms with van der Waals surface area (Å²) in [6.45, 7) is 7.00. The third kappa shape index (κ3) is 4.46. The van der Waals surface area contributed by atoms with E-state index in [-0.39, 0.29) is 11.9 Å². The van der Waals surface area contributed by atoms with Crippen LogP contribution in [0.4, 0.5) is 5.69 Å². The fourth-order valence-electron chi connectivity index (χ4n) is 3.42. The molecule has 0 atom stereocenters.